The largest absolute Gasteiger partial charge is 0.467 e. The minimum absolute atomic E-state index is 0.162. The van der Waals surface area contributed by atoms with Crippen LogP contribution in [-0.4, -0.2) is 53.3 Å². The van der Waals surface area contributed by atoms with E-state index in [0.717, 1.165) is 4.31 Å². The first-order chi connectivity index (χ1) is 18.3. The Kier molecular flexibility index (Phi) is 6.43. The summed E-state index contributed by atoms with van der Waals surface area (Å²) in [7, 11) is -1.45. The smallest absolute Gasteiger partial charge is 0.323 e. The predicted octanol–water partition coefficient (Wildman–Crippen LogP) is 3.59. The maximum atomic E-state index is 15.5. The van der Waals surface area contributed by atoms with Crippen LogP contribution in [0, 0.1) is 5.82 Å². The number of hydrogen-bond donors (Lipinski definition) is 2. The number of rotatable bonds is 8. The van der Waals surface area contributed by atoms with Gasteiger partial charge in [-0.05, 0) is 30.3 Å². The number of carbonyl (C=O) groups excluding carboxylic acids is 1. The third-order valence-corrected chi connectivity index (χ3v) is 7.18. The summed E-state index contributed by atoms with van der Waals surface area (Å²) in [6, 6.07) is 8.95. The lowest BCUT2D eigenvalue weighted by molar-refractivity contribution is 0.103. The van der Waals surface area contributed by atoms with Gasteiger partial charge in [-0.3, -0.25) is 18.8 Å². The van der Waals surface area contributed by atoms with E-state index in [4.69, 9.17) is 4.74 Å². The highest BCUT2D eigenvalue weighted by Crippen LogP contribution is 2.28. The van der Waals surface area contributed by atoms with Crippen LogP contribution in [-0.2, 0) is 10.2 Å². The highest BCUT2D eigenvalue weighted by atomic mass is 32.2. The number of hydrogen-bond acceptors (Lipinski definition) is 8. The topological polar surface area (TPSA) is 143 Å². The van der Waals surface area contributed by atoms with Crippen molar-refractivity contribution in [1.82, 2.24) is 24.9 Å². The molecule has 0 aliphatic rings. The number of anilines is 2. The van der Waals surface area contributed by atoms with Crippen molar-refractivity contribution in [2.24, 2.45) is 0 Å². The number of ketones is 1. The van der Waals surface area contributed by atoms with E-state index in [1.807, 2.05) is 0 Å². The van der Waals surface area contributed by atoms with Crippen LogP contribution in [0.15, 0.2) is 73.6 Å². The number of aromatic nitrogens is 5. The molecule has 0 fully saturated rings. The third kappa shape index (κ3) is 4.62. The van der Waals surface area contributed by atoms with Crippen molar-refractivity contribution in [3.05, 3.63) is 90.5 Å². The van der Waals surface area contributed by atoms with Gasteiger partial charge in [-0.25, -0.2) is 19.3 Å². The number of benzene rings is 1. The maximum Gasteiger partial charge on any atom is 0.323 e. The van der Waals surface area contributed by atoms with Crippen molar-refractivity contribution >= 4 is 38.4 Å². The summed E-state index contributed by atoms with van der Waals surface area (Å²) in [6.45, 7) is 0. The van der Waals surface area contributed by atoms with Crippen LogP contribution in [0.2, 0.25) is 0 Å². The number of nitrogens with one attached hydrogen (secondary N) is 2. The van der Waals surface area contributed by atoms with Crippen LogP contribution >= 0.6 is 0 Å². The fourth-order valence-electron chi connectivity index (χ4n) is 3.74. The molecule has 5 aromatic rings. The minimum atomic E-state index is -4.21. The molecule has 0 saturated heterocycles. The van der Waals surface area contributed by atoms with Gasteiger partial charge < -0.3 is 9.72 Å². The van der Waals surface area contributed by atoms with E-state index in [2.05, 4.69) is 29.6 Å². The molecule has 0 atom stereocenters. The lowest BCUT2D eigenvalue weighted by Crippen LogP contribution is -2.33. The van der Waals surface area contributed by atoms with Gasteiger partial charge in [-0.1, -0.05) is 6.07 Å². The van der Waals surface area contributed by atoms with Crippen molar-refractivity contribution in [3.8, 4) is 17.1 Å². The molecule has 0 bridgehead atoms. The Morgan fingerprint density at radius 2 is 1.79 bits per heavy atom. The summed E-state index contributed by atoms with van der Waals surface area (Å²) in [5, 5.41) is 0.449. The van der Waals surface area contributed by atoms with Crippen LogP contribution in [0.25, 0.3) is 22.2 Å². The van der Waals surface area contributed by atoms with Crippen LogP contribution in [0.4, 0.5) is 15.8 Å². The number of methoxy groups -OCH3 is 1. The maximum absolute atomic E-state index is 15.5. The van der Waals surface area contributed by atoms with E-state index in [1.165, 1.54) is 50.9 Å². The molecule has 0 radical (unpaired) electrons. The van der Waals surface area contributed by atoms with Crippen LogP contribution in [0.3, 0.4) is 0 Å². The molecule has 0 unspecified atom stereocenters. The molecule has 2 N–H and O–H groups in total. The molecule has 0 amide bonds. The van der Waals surface area contributed by atoms with E-state index in [-0.39, 0.29) is 28.5 Å². The third-order valence-electron chi connectivity index (χ3n) is 5.77. The van der Waals surface area contributed by atoms with E-state index >= 15 is 4.39 Å². The fraction of sp³-hybridized carbons (Fsp3) is 0.0800. The first-order valence-corrected chi connectivity index (χ1v) is 12.6. The molecule has 13 heteroatoms. The molecule has 192 valence electrons. The number of carbonyl (C=O) groups is 1. The zero-order valence-corrected chi connectivity index (χ0v) is 20.9. The summed E-state index contributed by atoms with van der Waals surface area (Å²) < 4.78 is 49.3. The molecule has 1 aromatic carbocycles. The highest BCUT2D eigenvalue weighted by molar-refractivity contribution is 7.94. The Hall–Kier alpha value is -4.91. The molecule has 4 heterocycles. The summed E-state index contributed by atoms with van der Waals surface area (Å²) >= 11 is 0. The highest BCUT2D eigenvalue weighted by Gasteiger charge is 2.24. The lowest BCUT2D eigenvalue weighted by atomic mass is 10.0. The summed E-state index contributed by atoms with van der Waals surface area (Å²) in [4.78, 5) is 32.7. The first-order valence-electron chi connectivity index (χ1n) is 11.1. The Morgan fingerprint density at radius 1 is 1.03 bits per heavy atom. The zero-order chi connectivity index (χ0) is 26.9. The van der Waals surface area contributed by atoms with E-state index < -0.39 is 21.8 Å². The van der Waals surface area contributed by atoms with Gasteiger partial charge in [-0.2, -0.15) is 8.42 Å². The number of pyridine rings is 2. The van der Waals surface area contributed by atoms with E-state index in [9.17, 15) is 13.2 Å². The SMILES string of the molecule is COc1ncc(-c2cnc3[nH]cc(C(=O)c4cccc(NS(=O)(=O)N(C)c5cccnc5)c4F)c3c2)cn1. The van der Waals surface area contributed by atoms with Crippen molar-refractivity contribution < 1.29 is 22.3 Å². The molecule has 5 rings (SSSR count). The summed E-state index contributed by atoms with van der Waals surface area (Å²) in [5.41, 5.74) is 1.44. The number of ether oxygens (including phenoxy) is 1. The summed E-state index contributed by atoms with van der Waals surface area (Å²) in [5.74, 6) is -1.66. The number of nitrogens with zero attached hydrogens (tertiary/aromatic N) is 5. The summed E-state index contributed by atoms with van der Waals surface area (Å²) in [6.07, 6.45) is 8.99. The molecule has 0 spiro atoms. The van der Waals surface area contributed by atoms with Gasteiger partial charge >= 0.3 is 16.2 Å². The van der Waals surface area contributed by atoms with Gasteiger partial charge in [0, 0.05) is 60.1 Å². The zero-order valence-electron chi connectivity index (χ0n) is 20.1. The monoisotopic (exact) mass is 533 g/mol. The Morgan fingerprint density at radius 3 is 2.50 bits per heavy atom. The second kappa shape index (κ2) is 9.86. The number of H-pyrrole nitrogens is 1. The minimum Gasteiger partial charge on any atom is -0.467 e. The van der Waals surface area contributed by atoms with Gasteiger partial charge in [0.2, 0.25) is 0 Å². The number of fused-ring (bicyclic) bond motifs is 1. The van der Waals surface area contributed by atoms with Gasteiger partial charge in [-0.15, -0.1) is 0 Å². The predicted molar refractivity (Wildman–Crippen MR) is 139 cm³/mol. The molecule has 11 nitrogen and oxygen atoms in total. The van der Waals surface area contributed by atoms with Crippen molar-refractivity contribution in [1.29, 1.82) is 0 Å². The second-order valence-electron chi connectivity index (χ2n) is 8.06. The average molecular weight is 534 g/mol. The molecule has 0 saturated carbocycles. The number of halogens is 1. The van der Waals surface area contributed by atoms with Crippen molar-refractivity contribution in [2.75, 3.05) is 23.2 Å². The molecule has 38 heavy (non-hydrogen) atoms. The number of aromatic amines is 1. The molecule has 0 aliphatic heterocycles. The Labute approximate surface area is 216 Å². The van der Waals surface area contributed by atoms with Gasteiger partial charge in [0.25, 0.3) is 0 Å². The van der Waals surface area contributed by atoms with Gasteiger partial charge in [0.05, 0.1) is 30.2 Å². The quantitative estimate of drug-likeness (QED) is 0.288. The Bertz CT molecular complexity index is 1740. The fourth-order valence-corrected chi connectivity index (χ4v) is 4.70. The molecule has 4 aromatic heterocycles. The molecule has 0 aliphatic carbocycles. The van der Waals surface area contributed by atoms with Crippen LogP contribution in [0.1, 0.15) is 15.9 Å². The molecular weight excluding hydrogens is 513 g/mol. The normalized spacial score (nSPS) is 11.3. The Balaban J connectivity index is 1.47. The first kappa shape index (κ1) is 24.8. The van der Waals surface area contributed by atoms with Crippen LogP contribution < -0.4 is 13.8 Å². The molecular formula is C25H20FN7O4S. The van der Waals surface area contributed by atoms with Crippen molar-refractivity contribution in [3.63, 3.8) is 0 Å². The van der Waals surface area contributed by atoms with Gasteiger partial charge in [0.15, 0.2) is 11.6 Å². The van der Waals surface area contributed by atoms with Crippen LogP contribution in [0.5, 0.6) is 6.01 Å². The van der Waals surface area contributed by atoms with Crippen molar-refractivity contribution in [2.45, 2.75) is 0 Å². The standard InChI is InChI=1S/C25H20FN7O4S/c1-33(17-5-4-8-27-13-17)38(35,36)32-21-7-3-6-18(22(21)26)23(34)20-14-29-24-19(20)9-15(10-28-24)16-11-30-25(37-2)31-12-16/h3-14,32H,1-2H3,(H,28,29). The van der Waals surface area contributed by atoms with E-state index in [1.54, 1.807) is 36.8 Å². The lowest BCUT2D eigenvalue weighted by Gasteiger charge is -2.20. The second-order valence-corrected chi connectivity index (χ2v) is 9.76. The van der Waals surface area contributed by atoms with Gasteiger partial charge in [0.1, 0.15) is 5.65 Å². The van der Waals surface area contributed by atoms with E-state index in [0.29, 0.717) is 22.2 Å². The average Bonchev–Trinajstić information content (AvgIpc) is 3.37.